The van der Waals surface area contributed by atoms with Crippen molar-refractivity contribution in [1.82, 2.24) is 9.88 Å². The van der Waals surface area contributed by atoms with E-state index < -0.39 is 11.6 Å². The van der Waals surface area contributed by atoms with Gasteiger partial charge in [0.15, 0.2) is 11.6 Å². The van der Waals surface area contributed by atoms with E-state index in [0.717, 1.165) is 30.8 Å². The molecule has 0 saturated carbocycles. The molecule has 9 heteroatoms. The van der Waals surface area contributed by atoms with Gasteiger partial charge in [-0.3, -0.25) is 4.98 Å². The molecule has 0 aliphatic carbocycles. The number of amides is 2. The van der Waals surface area contributed by atoms with Crippen molar-refractivity contribution in [2.45, 2.75) is 12.5 Å². The Bertz CT molecular complexity index is 877. The Morgan fingerprint density at radius 2 is 1.85 bits per heavy atom. The number of aromatic nitrogens is 1. The highest BCUT2D eigenvalue weighted by molar-refractivity contribution is 6.38. The van der Waals surface area contributed by atoms with Gasteiger partial charge in [-0.15, -0.1) is 0 Å². The van der Waals surface area contributed by atoms with Gasteiger partial charge in [0.2, 0.25) is 0 Å². The fourth-order valence-electron chi connectivity index (χ4n) is 3.85. The molecule has 2 saturated heterocycles. The number of nitrogens with zero attached hydrogens (tertiary/aromatic N) is 3. The van der Waals surface area contributed by atoms with Gasteiger partial charge in [0, 0.05) is 49.8 Å². The molecule has 2 bridgehead atoms. The molecule has 1 aromatic carbocycles. The second-order valence-corrected chi connectivity index (χ2v) is 7.64. The number of halogens is 4. The average molecular weight is 413 g/mol. The lowest BCUT2D eigenvalue weighted by Gasteiger charge is -2.33. The number of urea groups is 1. The van der Waals surface area contributed by atoms with Crippen LogP contribution in [0.1, 0.15) is 6.42 Å². The molecule has 2 aliphatic heterocycles. The summed E-state index contributed by atoms with van der Waals surface area (Å²) in [6.45, 7) is 1.80. The molecule has 142 valence electrons. The van der Waals surface area contributed by atoms with Crippen LogP contribution >= 0.6 is 23.2 Å². The summed E-state index contributed by atoms with van der Waals surface area (Å²) in [5.41, 5.74) is 0.956. The molecule has 5 nitrogen and oxygen atoms in total. The standard InChI is InChI=1S/C18H16Cl2F2N4O/c19-13-5-23-6-14(20)17(13)26-8-10-3-12(26)9-25(7-10)18(27)24-11-1-2-15(21)16(22)4-11/h1-2,4-6,10,12H,3,7-9H2,(H,24,27). The Hall–Kier alpha value is -2.12. The van der Waals surface area contributed by atoms with Crippen LogP contribution in [0.2, 0.25) is 10.0 Å². The largest absolute Gasteiger partial charge is 0.364 e. The van der Waals surface area contributed by atoms with E-state index in [9.17, 15) is 13.6 Å². The van der Waals surface area contributed by atoms with Gasteiger partial charge in [-0.05, 0) is 24.5 Å². The molecule has 0 spiro atoms. The van der Waals surface area contributed by atoms with Crippen molar-refractivity contribution in [3.63, 3.8) is 0 Å². The number of pyridine rings is 1. The summed E-state index contributed by atoms with van der Waals surface area (Å²) in [5, 5.41) is 3.58. The summed E-state index contributed by atoms with van der Waals surface area (Å²) in [7, 11) is 0. The number of hydrogen-bond acceptors (Lipinski definition) is 3. The van der Waals surface area contributed by atoms with E-state index in [4.69, 9.17) is 23.2 Å². The number of fused-ring (bicyclic) bond motifs is 2. The first-order valence-corrected chi connectivity index (χ1v) is 9.24. The third kappa shape index (κ3) is 3.53. The normalized spacial score (nSPS) is 21.5. The van der Waals surface area contributed by atoms with E-state index in [2.05, 4.69) is 15.2 Å². The molecule has 2 aromatic rings. The molecule has 2 aliphatic rings. The number of rotatable bonds is 2. The van der Waals surface area contributed by atoms with E-state index in [1.54, 1.807) is 17.3 Å². The lowest BCUT2D eigenvalue weighted by molar-refractivity contribution is 0.187. The second-order valence-electron chi connectivity index (χ2n) is 6.82. The lowest BCUT2D eigenvalue weighted by atomic mass is 10.0. The van der Waals surface area contributed by atoms with Gasteiger partial charge in [0.25, 0.3) is 0 Å². The van der Waals surface area contributed by atoms with Gasteiger partial charge in [-0.2, -0.15) is 0 Å². The highest BCUT2D eigenvalue weighted by Gasteiger charge is 2.41. The summed E-state index contributed by atoms with van der Waals surface area (Å²) < 4.78 is 26.4. The van der Waals surface area contributed by atoms with Gasteiger partial charge < -0.3 is 15.1 Å². The lowest BCUT2D eigenvalue weighted by Crippen LogP contribution is -2.47. The van der Waals surface area contributed by atoms with Gasteiger partial charge in [0.1, 0.15) is 0 Å². The van der Waals surface area contributed by atoms with E-state index in [0.29, 0.717) is 23.1 Å². The van der Waals surface area contributed by atoms with Crippen molar-refractivity contribution in [2.24, 2.45) is 5.92 Å². The van der Waals surface area contributed by atoms with Crippen molar-refractivity contribution in [3.8, 4) is 0 Å². The number of anilines is 2. The predicted molar refractivity (Wildman–Crippen MR) is 100 cm³/mol. The Balaban J connectivity index is 1.49. The Morgan fingerprint density at radius 3 is 2.56 bits per heavy atom. The molecular formula is C18H16Cl2F2N4O. The number of carbonyl (C=O) groups is 1. The number of benzene rings is 1. The third-order valence-corrected chi connectivity index (χ3v) is 5.54. The van der Waals surface area contributed by atoms with Gasteiger partial charge in [0.05, 0.1) is 15.7 Å². The van der Waals surface area contributed by atoms with Crippen LogP contribution in [0.4, 0.5) is 25.0 Å². The molecule has 4 rings (SSSR count). The fourth-order valence-corrected chi connectivity index (χ4v) is 4.44. The van der Waals surface area contributed by atoms with Crippen LogP contribution in [0, 0.1) is 17.6 Å². The molecule has 0 radical (unpaired) electrons. The number of hydrogen-bond donors (Lipinski definition) is 1. The van der Waals surface area contributed by atoms with E-state index >= 15 is 0 Å². The van der Waals surface area contributed by atoms with Crippen LogP contribution in [0.3, 0.4) is 0 Å². The summed E-state index contributed by atoms with van der Waals surface area (Å²) in [6, 6.07) is 3.02. The van der Waals surface area contributed by atoms with Crippen LogP contribution in [0.5, 0.6) is 0 Å². The first kappa shape index (κ1) is 18.3. The minimum absolute atomic E-state index is 0.0804. The number of likely N-dealkylation sites (tertiary alicyclic amines) is 1. The smallest absolute Gasteiger partial charge is 0.321 e. The summed E-state index contributed by atoms with van der Waals surface area (Å²) in [5.74, 6) is -1.68. The maximum absolute atomic E-state index is 13.3. The molecule has 3 heterocycles. The Morgan fingerprint density at radius 1 is 1.11 bits per heavy atom. The van der Waals surface area contributed by atoms with Gasteiger partial charge in [-0.1, -0.05) is 23.2 Å². The second kappa shape index (κ2) is 7.13. The van der Waals surface area contributed by atoms with Crippen LogP contribution in [-0.4, -0.2) is 41.6 Å². The minimum Gasteiger partial charge on any atom is -0.364 e. The maximum atomic E-state index is 13.3. The molecule has 1 aromatic heterocycles. The molecule has 1 N–H and O–H groups in total. The topological polar surface area (TPSA) is 48.5 Å². The van der Waals surface area contributed by atoms with Crippen molar-refractivity contribution >= 4 is 40.6 Å². The third-order valence-electron chi connectivity index (χ3n) is 4.98. The number of nitrogens with one attached hydrogen (secondary N) is 1. The zero-order valence-corrected chi connectivity index (χ0v) is 15.6. The van der Waals surface area contributed by atoms with Crippen LogP contribution in [0.25, 0.3) is 0 Å². The monoisotopic (exact) mass is 412 g/mol. The SMILES string of the molecule is O=C(Nc1ccc(F)c(F)c1)N1CC2CC(C1)N(c1c(Cl)cncc1Cl)C2. The van der Waals surface area contributed by atoms with E-state index in [-0.39, 0.29) is 23.7 Å². The first-order valence-electron chi connectivity index (χ1n) is 8.49. The quantitative estimate of drug-likeness (QED) is 0.794. The summed E-state index contributed by atoms with van der Waals surface area (Å²) >= 11 is 12.6. The molecule has 2 unspecified atom stereocenters. The average Bonchev–Trinajstić information content (AvgIpc) is 2.91. The molecular weight excluding hydrogens is 397 g/mol. The van der Waals surface area contributed by atoms with E-state index in [1.165, 1.54) is 6.07 Å². The van der Waals surface area contributed by atoms with Crippen molar-refractivity contribution < 1.29 is 13.6 Å². The molecule has 27 heavy (non-hydrogen) atoms. The number of piperidine rings is 1. The first-order chi connectivity index (χ1) is 12.9. The Labute approximate surface area is 164 Å². The Kier molecular flexibility index (Phi) is 4.82. The zero-order valence-electron chi connectivity index (χ0n) is 14.1. The summed E-state index contributed by atoms with van der Waals surface area (Å²) in [6.07, 6.45) is 4.04. The maximum Gasteiger partial charge on any atom is 0.321 e. The van der Waals surface area contributed by atoms with Crippen LogP contribution in [-0.2, 0) is 0 Å². The van der Waals surface area contributed by atoms with Crippen molar-refractivity contribution in [1.29, 1.82) is 0 Å². The van der Waals surface area contributed by atoms with Crippen LogP contribution in [0.15, 0.2) is 30.6 Å². The highest BCUT2D eigenvalue weighted by atomic mass is 35.5. The number of carbonyl (C=O) groups excluding carboxylic acids is 1. The predicted octanol–water partition coefficient (Wildman–Crippen LogP) is 4.41. The van der Waals surface area contributed by atoms with Gasteiger partial charge in [-0.25, -0.2) is 13.6 Å². The highest BCUT2D eigenvalue weighted by Crippen LogP contribution is 2.40. The molecule has 2 atom stereocenters. The zero-order chi connectivity index (χ0) is 19.1. The van der Waals surface area contributed by atoms with E-state index in [1.807, 2.05) is 0 Å². The van der Waals surface area contributed by atoms with Crippen molar-refractivity contribution in [3.05, 3.63) is 52.3 Å². The van der Waals surface area contributed by atoms with Gasteiger partial charge >= 0.3 is 6.03 Å². The minimum atomic E-state index is -1.00. The fraction of sp³-hybridized carbons (Fsp3) is 0.333. The van der Waals surface area contributed by atoms with Crippen LogP contribution < -0.4 is 10.2 Å². The summed E-state index contributed by atoms with van der Waals surface area (Å²) in [4.78, 5) is 20.4. The van der Waals surface area contributed by atoms with Crippen molar-refractivity contribution in [2.75, 3.05) is 29.9 Å². The molecule has 2 amide bonds. The molecule has 2 fully saturated rings.